The van der Waals surface area contributed by atoms with E-state index in [2.05, 4.69) is 5.32 Å². The summed E-state index contributed by atoms with van der Waals surface area (Å²) >= 11 is 0. The summed E-state index contributed by atoms with van der Waals surface area (Å²) in [7, 11) is -3.52. The second-order valence-corrected chi connectivity index (χ2v) is 9.77. The van der Waals surface area contributed by atoms with Gasteiger partial charge in [-0.05, 0) is 55.2 Å². The van der Waals surface area contributed by atoms with Gasteiger partial charge in [0.1, 0.15) is 11.6 Å². The number of hydrogen-bond acceptors (Lipinski definition) is 5. The summed E-state index contributed by atoms with van der Waals surface area (Å²) in [5, 5.41) is 2.63. The van der Waals surface area contributed by atoms with Gasteiger partial charge in [0.25, 0.3) is 5.91 Å². The first-order valence-electron chi connectivity index (χ1n) is 10.2. The largest absolute Gasteiger partial charge is 0.483 e. The van der Waals surface area contributed by atoms with E-state index in [1.54, 1.807) is 6.92 Å². The second kappa shape index (κ2) is 8.39. The predicted octanol–water partition coefficient (Wildman–Crippen LogP) is 3.32. The minimum atomic E-state index is -3.52. The Hall–Kier alpha value is -2.78. The van der Waals surface area contributed by atoms with Gasteiger partial charge in [-0.2, -0.15) is 4.31 Å². The number of sulfonamides is 1. The number of carbonyl (C=O) groups excluding carboxylic acids is 2. The summed E-state index contributed by atoms with van der Waals surface area (Å²) in [6.07, 6.45) is 1.93. The third-order valence-corrected chi connectivity index (χ3v) is 7.53. The third kappa shape index (κ3) is 4.20. The Bertz CT molecular complexity index is 1130. The number of rotatable bonds is 6. The highest BCUT2D eigenvalue weighted by Gasteiger charge is 2.32. The number of halogens is 1. The van der Waals surface area contributed by atoms with Crippen molar-refractivity contribution in [3.8, 4) is 5.75 Å². The van der Waals surface area contributed by atoms with Gasteiger partial charge in [-0.25, -0.2) is 12.8 Å². The first-order valence-corrected chi connectivity index (χ1v) is 11.6. The summed E-state index contributed by atoms with van der Waals surface area (Å²) in [5.74, 6) is -1.17. The van der Waals surface area contributed by atoms with Crippen molar-refractivity contribution in [2.24, 2.45) is 0 Å². The highest BCUT2D eigenvalue weighted by atomic mass is 32.2. The Labute approximate surface area is 180 Å². The number of anilines is 1. The Morgan fingerprint density at radius 1 is 1.16 bits per heavy atom. The van der Waals surface area contributed by atoms with Crippen LogP contribution in [0.25, 0.3) is 0 Å². The van der Waals surface area contributed by atoms with Crippen LogP contribution in [0, 0.1) is 5.82 Å². The van der Waals surface area contributed by atoms with Gasteiger partial charge in [0.15, 0.2) is 12.4 Å². The quantitative estimate of drug-likeness (QED) is 0.735. The van der Waals surface area contributed by atoms with E-state index in [1.165, 1.54) is 40.7 Å². The molecule has 1 N–H and O–H groups in total. The van der Waals surface area contributed by atoms with Crippen molar-refractivity contribution < 1.29 is 27.1 Å². The van der Waals surface area contributed by atoms with Crippen LogP contribution in [0.5, 0.6) is 5.75 Å². The van der Waals surface area contributed by atoms with E-state index in [9.17, 15) is 22.4 Å². The van der Waals surface area contributed by atoms with Crippen molar-refractivity contribution in [3.63, 3.8) is 0 Å². The van der Waals surface area contributed by atoms with Crippen LogP contribution in [0.15, 0.2) is 41.3 Å². The van der Waals surface area contributed by atoms with Crippen LogP contribution in [0.1, 0.15) is 48.0 Å². The standard InChI is InChI=1S/C22H23FN2O5S/c1-14-12-18(26)22-19(9-8-17(23)21(14)22)30-13-20(27)24-15-4-6-16(7-5-15)31(28,29)25-10-2-3-11-25/h4-9,14H,2-3,10-13H2,1H3,(H,24,27). The first-order chi connectivity index (χ1) is 14.8. The number of amides is 1. The van der Waals surface area contributed by atoms with E-state index >= 15 is 0 Å². The van der Waals surface area contributed by atoms with E-state index in [1.807, 2.05) is 0 Å². The molecule has 1 atom stereocenters. The van der Waals surface area contributed by atoms with Crippen molar-refractivity contribution in [2.45, 2.75) is 37.0 Å². The van der Waals surface area contributed by atoms with E-state index in [0.29, 0.717) is 24.3 Å². The lowest BCUT2D eigenvalue weighted by Gasteiger charge is -2.16. The highest BCUT2D eigenvalue weighted by Crippen LogP contribution is 2.39. The number of ether oxygens (including phenoxy) is 1. The predicted molar refractivity (Wildman–Crippen MR) is 112 cm³/mol. The van der Waals surface area contributed by atoms with Gasteiger partial charge in [-0.15, -0.1) is 0 Å². The van der Waals surface area contributed by atoms with Crippen LogP contribution >= 0.6 is 0 Å². The summed E-state index contributed by atoms with van der Waals surface area (Å²) in [5.41, 5.74) is 0.956. The molecule has 1 saturated heterocycles. The third-order valence-electron chi connectivity index (χ3n) is 5.62. The van der Waals surface area contributed by atoms with E-state index in [0.717, 1.165) is 12.8 Å². The van der Waals surface area contributed by atoms with Gasteiger partial charge < -0.3 is 10.1 Å². The minimum Gasteiger partial charge on any atom is -0.483 e. The smallest absolute Gasteiger partial charge is 0.262 e. The molecule has 0 saturated carbocycles. The zero-order valence-electron chi connectivity index (χ0n) is 17.1. The number of nitrogens with one attached hydrogen (secondary N) is 1. The lowest BCUT2D eigenvalue weighted by molar-refractivity contribution is -0.118. The molecule has 0 aromatic heterocycles. The summed E-state index contributed by atoms with van der Waals surface area (Å²) < 4.78 is 46.1. The first kappa shape index (κ1) is 21.5. The molecular formula is C22H23FN2O5S. The molecule has 31 heavy (non-hydrogen) atoms. The van der Waals surface area contributed by atoms with Crippen LogP contribution in [-0.4, -0.2) is 44.1 Å². The summed E-state index contributed by atoms with van der Waals surface area (Å²) in [4.78, 5) is 24.6. The molecule has 7 nitrogen and oxygen atoms in total. The molecule has 164 valence electrons. The number of nitrogens with zero attached hydrogens (tertiary/aromatic N) is 1. The Balaban J connectivity index is 1.40. The topological polar surface area (TPSA) is 92.8 Å². The maximum absolute atomic E-state index is 14.1. The molecule has 1 heterocycles. The maximum Gasteiger partial charge on any atom is 0.262 e. The minimum absolute atomic E-state index is 0.179. The fraction of sp³-hybridized carbons (Fsp3) is 0.364. The van der Waals surface area contributed by atoms with Gasteiger partial charge in [0.05, 0.1) is 10.5 Å². The van der Waals surface area contributed by atoms with Gasteiger partial charge in [-0.3, -0.25) is 9.59 Å². The average Bonchev–Trinajstić information content (AvgIpc) is 3.37. The van der Waals surface area contributed by atoms with Gasteiger partial charge in [0, 0.05) is 30.8 Å². The molecule has 2 aliphatic rings. The number of carbonyl (C=O) groups is 2. The summed E-state index contributed by atoms with van der Waals surface area (Å²) in [6, 6.07) is 8.54. The van der Waals surface area contributed by atoms with Crippen molar-refractivity contribution in [1.29, 1.82) is 0 Å². The lowest BCUT2D eigenvalue weighted by atomic mass is 10.0. The second-order valence-electron chi connectivity index (χ2n) is 7.83. The van der Waals surface area contributed by atoms with Crippen molar-refractivity contribution in [3.05, 3.63) is 53.3 Å². The van der Waals surface area contributed by atoms with Crippen LogP contribution < -0.4 is 10.1 Å². The van der Waals surface area contributed by atoms with Gasteiger partial charge >= 0.3 is 0 Å². The molecule has 0 spiro atoms. The van der Waals surface area contributed by atoms with Crippen LogP contribution in [0.4, 0.5) is 10.1 Å². The Morgan fingerprint density at radius 2 is 1.84 bits per heavy atom. The lowest BCUT2D eigenvalue weighted by Crippen LogP contribution is -2.27. The van der Waals surface area contributed by atoms with Crippen molar-refractivity contribution in [1.82, 2.24) is 4.31 Å². The van der Waals surface area contributed by atoms with Gasteiger partial charge in [0.2, 0.25) is 10.0 Å². The molecule has 1 unspecified atom stereocenters. The van der Waals surface area contributed by atoms with Gasteiger partial charge in [-0.1, -0.05) is 6.92 Å². The van der Waals surface area contributed by atoms with Crippen LogP contribution in [-0.2, 0) is 14.8 Å². The number of Topliss-reactive ketones (excluding diaryl/α,β-unsaturated/α-hetero) is 1. The number of ketones is 1. The molecule has 9 heteroatoms. The van der Waals surface area contributed by atoms with E-state index in [-0.39, 0.29) is 40.9 Å². The van der Waals surface area contributed by atoms with Crippen LogP contribution in [0.2, 0.25) is 0 Å². The Morgan fingerprint density at radius 3 is 2.52 bits per heavy atom. The molecule has 1 aliphatic carbocycles. The van der Waals surface area contributed by atoms with Crippen molar-refractivity contribution >= 4 is 27.4 Å². The fourth-order valence-electron chi connectivity index (χ4n) is 4.07. The molecular weight excluding hydrogens is 423 g/mol. The monoisotopic (exact) mass is 446 g/mol. The molecule has 0 bridgehead atoms. The fourth-order valence-corrected chi connectivity index (χ4v) is 5.59. The molecule has 1 aliphatic heterocycles. The average molecular weight is 447 g/mol. The molecule has 2 aromatic carbocycles. The molecule has 1 fully saturated rings. The molecule has 4 rings (SSSR count). The SMILES string of the molecule is CC1CC(=O)c2c(OCC(=O)Nc3ccc(S(=O)(=O)N4CCCC4)cc3)ccc(F)c21. The molecule has 0 radical (unpaired) electrons. The normalized spacial score (nSPS) is 18.8. The molecule has 2 aromatic rings. The van der Waals surface area contributed by atoms with Crippen LogP contribution in [0.3, 0.4) is 0 Å². The highest BCUT2D eigenvalue weighted by molar-refractivity contribution is 7.89. The summed E-state index contributed by atoms with van der Waals surface area (Å²) in [6.45, 7) is 2.45. The zero-order valence-corrected chi connectivity index (χ0v) is 17.9. The maximum atomic E-state index is 14.1. The van der Waals surface area contributed by atoms with E-state index < -0.39 is 21.7 Å². The number of fused-ring (bicyclic) bond motifs is 1. The number of benzene rings is 2. The zero-order chi connectivity index (χ0) is 22.2. The number of hydrogen-bond donors (Lipinski definition) is 1. The van der Waals surface area contributed by atoms with Crippen molar-refractivity contribution in [2.75, 3.05) is 25.0 Å². The molecule has 1 amide bonds. The van der Waals surface area contributed by atoms with E-state index in [4.69, 9.17) is 4.74 Å². The Kier molecular flexibility index (Phi) is 5.81.